The molecule has 0 unspecified atom stereocenters. The predicted molar refractivity (Wildman–Crippen MR) is 101 cm³/mol. The van der Waals surface area contributed by atoms with E-state index in [4.69, 9.17) is 11.6 Å². The van der Waals surface area contributed by atoms with Gasteiger partial charge in [-0.15, -0.1) is 0 Å². The largest absolute Gasteiger partial charge is 0.507 e. The maximum absolute atomic E-state index is 12.3. The monoisotopic (exact) mass is 370 g/mol. The summed E-state index contributed by atoms with van der Waals surface area (Å²) < 4.78 is 1.72. The summed E-state index contributed by atoms with van der Waals surface area (Å²) in [4.78, 5) is 12.3. The van der Waals surface area contributed by atoms with E-state index in [2.05, 4.69) is 15.7 Å². The van der Waals surface area contributed by atoms with Crippen LogP contribution in [-0.4, -0.2) is 20.8 Å². The van der Waals surface area contributed by atoms with Crippen molar-refractivity contribution in [1.82, 2.24) is 15.1 Å². The van der Waals surface area contributed by atoms with Gasteiger partial charge < -0.3 is 15.7 Å². The van der Waals surface area contributed by atoms with Crippen LogP contribution in [0.3, 0.4) is 0 Å². The maximum atomic E-state index is 12.3. The molecule has 0 atom stereocenters. The fourth-order valence-corrected chi connectivity index (χ4v) is 2.59. The van der Waals surface area contributed by atoms with Crippen molar-refractivity contribution in [3.8, 4) is 5.75 Å². The van der Waals surface area contributed by atoms with Crippen LogP contribution < -0.4 is 10.6 Å². The highest BCUT2D eigenvalue weighted by atomic mass is 35.5. The maximum Gasteiger partial charge on any atom is 0.255 e. The number of amides is 1. The van der Waals surface area contributed by atoms with E-state index >= 15 is 0 Å². The smallest absolute Gasteiger partial charge is 0.255 e. The Morgan fingerprint density at radius 2 is 1.92 bits per heavy atom. The van der Waals surface area contributed by atoms with E-state index in [0.29, 0.717) is 23.8 Å². The van der Waals surface area contributed by atoms with Crippen molar-refractivity contribution in [3.63, 3.8) is 0 Å². The third-order valence-corrected chi connectivity index (χ3v) is 4.10. The summed E-state index contributed by atoms with van der Waals surface area (Å²) in [5.74, 6) is -0.418. The average molecular weight is 371 g/mol. The molecule has 0 saturated carbocycles. The van der Waals surface area contributed by atoms with Crippen LogP contribution in [-0.2, 0) is 20.1 Å². The number of carbonyl (C=O) groups excluding carboxylic acids is 1. The molecule has 0 spiro atoms. The number of phenols is 1. The van der Waals surface area contributed by atoms with Gasteiger partial charge >= 0.3 is 0 Å². The number of nitrogens with one attached hydrogen (secondary N) is 2. The van der Waals surface area contributed by atoms with Crippen LogP contribution >= 0.6 is 11.6 Å². The Bertz CT molecular complexity index is 906. The molecule has 3 N–H and O–H groups in total. The quantitative estimate of drug-likeness (QED) is 0.622. The fourth-order valence-electron chi connectivity index (χ4n) is 2.46. The van der Waals surface area contributed by atoms with Gasteiger partial charge in [-0.2, -0.15) is 5.10 Å². The first kappa shape index (κ1) is 17.8. The second kappa shape index (κ2) is 7.93. The number of halogens is 1. The summed E-state index contributed by atoms with van der Waals surface area (Å²) in [6, 6.07) is 14.0. The Hall–Kier alpha value is -2.99. The van der Waals surface area contributed by atoms with Gasteiger partial charge in [0.15, 0.2) is 0 Å². The highest BCUT2D eigenvalue weighted by molar-refractivity contribution is 6.30. The number of anilines is 1. The van der Waals surface area contributed by atoms with Crippen LogP contribution in [0, 0.1) is 0 Å². The Labute approximate surface area is 156 Å². The van der Waals surface area contributed by atoms with Gasteiger partial charge in [0.05, 0.1) is 17.8 Å². The molecule has 134 valence electrons. The van der Waals surface area contributed by atoms with E-state index in [-0.39, 0.29) is 17.2 Å². The van der Waals surface area contributed by atoms with Crippen molar-refractivity contribution in [2.75, 3.05) is 5.32 Å². The summed E-state index contributed by atoms with van der Waals surface area (Å²) in [5, 5.41) is 21.0. The van der Waals surface area contributed by atoms with E-state index in [0.717, 1.165) is 11.3 Å². The number of benzene rings is 2. The Kier molecular flexibility index (Phi) is 5.43. The van der Waals surface area contributed by atoms with Crippen molar-refractivity contribution in [3.05, 3.63) is 76.6 Å². The normalized spacial score (nSPS) is 10.5. The SMILES string of the molecule is Cn1ccc(CNc2ccc(C(=O)NCc3ccc(Cl)cc3)c(O)c2)n1. The molecule has 0 aliphatic heterocycles. The van der Waals surface area contributed by atoms with Gasteiger partial charge in [0.25, 0.3) is 5.91 Å². The number of aromatic hydroxyl groups is 1. The lowest BCUT2D eigenvalue weighted by Gasteiger charge is -2.10. The minimum Gasteiger partial charge on any atom is -0.507 e. The van der Waals surface area contributed by atoms with Crippen molar-refractivity contribution in [2.45, 2.75) is 13.1 Å². The molecule has 0 bridgehead atoms. The summed E-state index contributed by atoms with van der Waals surface area (Å²) in [6.07, 6.45) is 1.86. The Balaban J connectivity index is 1.59. The molecule has 0 aliphatic rings. The standard InChI is InChI=1S/C19H19ClN4O2/c1-24-9-8-16(23-24)12-21-15-6-7-17(18(25)10-15)19(26)22-11-13-2-4-14(20)5-3-13/h2-10,21,25H,11-12H2,1H3,(H,22,26). The molecule has 6 nitrogen and oxygen atoms in total. The number of rotatable bonds is 6. The van der Waals surface area contributed by atoms with Crippen LogP contribution in [0.2, 0.25) is 5.02 Å². The number of carbonyl (C=O) groups is 1. The zero-order chi connectivity index (χ0) is 18.5. The van der Waals surface area contributed by atoms with E-state index in [9.17, 15) is 9.90 Å². The number of phenolic OH excluding ortho intramolecular Hbond substituents is 1. The van der Waals surface area contributed by atoms with Crippen LogP contribution in [0.5, 0.6) is 5.75 Å². The lowest BCUT2D eigenvalue weighted by atomic mass is 10.1. The number of nitrogens with zero attached hydrogens (tertiary/aromatic N) is 2. The van der Waals surface area contributed by atoms with Crippen LogP contribution in [0.4, 0.5) is 5.69 Å². The van der Waals surface area contributed by atoms with Crippen LogP contribution in [0.15, 0.2) is 54.7 Å². The number of aromatic nitrogens is 2. The molecule has 1 amide bonds. The molecule has 7 heteroatoms. The number of hydrogen-bond acceptors (Lipinski definition) is 4. The van der Waals surface area contributed by atoms with E-state index in [1.54, 1.807) is 28.9 Å². The average Bonchev–Trinajstić information content (AvgIpc) is 3.04. The molecular formula is C19H19ClN4O2. The number of hydrogen-bond donors (Lipinski definition) is 3. The second-order valence-electron chi connectivity index (χ2n) is 5.88. The van der Waals surface area contributed by atoms with Gasteiger partial charge in [-0.05, 0) is 35.9 Å². The second-order valence-corrected chi connectivity index (χ2v) is 6.31. The van der Waals surface area contributed by atoms with Crippen LogP contribution in [0.25, 0.3) is 0 Å². The zero-order valence-electron chi connectivity index (χ0n) is 14.2. The third-order valence-electron chi connectivity index (χ3n) is 3.85. The molecule has 1 heterocycles. The Morgan fingerprint density at radius 3 is 2.58 bits per heavy atom. The summed E-state index contributed by atoms with van der Waals surface area (Å²) in [6.45, 7) is 0.886. The van der Waals surface area contributed by atoms with Crippen molar-refractivity contribution >= 4 is 23.2 Å². The van der Waals surface area contributed by atoms with Gasteiger partial charge in [-0.1, -0.05) is 23.7 Å². The highest BCUT2D eigenvalue weighted by Gasteiger charge is 2.11. The molecular weight excluding hydrogens is 352 g/mol. The summed E-state index contributed by atoms with van der Waals surface area (Å²) >= 11 is 5.84. The first-order valence-electron chi connectivity index (χ1n) is 8.09. The molecule has 0 saturated heterocycles. The first-order valence-corrected chi connectivity index (χ1v) is 8.47. The topological polar surface area (TPSA) is 79.2 Å². The van der Waals surface area contributed by atoms with Crippen molar-refractivity contribution in [1.29, 1.82) is 0 Å². The molecule has 2 aromatic carbocycles. The molecule has 3 rings (SSSR count). The lowest BCUT2D eigenvalue weighted by molar-refractivity contribution is 0.0948. The van der Waals surface area contributed by atoms with Gasteiger partial charge in [0.2, 0.25) is 0 Å². The molecule has 0 aliphatic carbocycles. The van der Waals surface area contributed by atoms with Gasteiger partial charge in [-0.25, -0.2) is 0 Å². The first-order chi connectivity index (χ1) is 12.5. The highest BCUT2D eigenvalue weighted by Crippen LogP contribution is 2.22. The third kappa shape index (κ3) is 4.55. The lowest BCUT2D eigenvalue weighted by Crippen LogP contribution is -2.22. The summed E-state index contributed by atoms with van der Waals surface area (Å²) in [7, 11) is 1.85. The van der Waals surface area contributed by atoms with E-state index < -0.39 is 0 Å². The zero-order valence-corrected chi connectivity index (χ0v) is 15.0. The minimum atomic E-state index is -0.339. The molecule has 0 radical (unpaired) electrons. The summed E-state index contributed by atoms with van der Waals surface area (Å²) in [5.41, 5.74) is 2.75. The molecule has 26 heavy (non-hydrogen) atoms. The van der Waals surface area contributed by atoms with E-state index in [1.165, 1.54) is 6.07 Å². The van der Waals surface area contributed by atoms with Crippen LogP contribution in [0.1, 0.15) is 21.6 Å². The molecule has 3 aromatic rings. The predicted octanol–water partition coefficient (Wildman–Crippen LogP) is 3.32. The van der Waals surface area contributed by atoms with Gasteiger partial charge in [0, 0.05) is 36.6 Å². The molecule has 0 fully saturated rings. The Morgan fingerprint density at radius 1 is 1.15 bits per heavy atom. The van der Waals surface area contributed by atoms with Gasteiger partial charge in [-0.3, -0.25) is 9.48 Å². The van der Waals surface area contributed by atoms with E-state index in [1.807, 2.05) is 31.4 Å². The van der Waals surface area contributed by atoms with Crippen molar-refractivity contribution < 1.29 is 9.90 Å². The van der Waals surface area contributed by atoms with Gasteiger partial charge in [0.1, 0.15) is 5.75 Å². The fraction of sp³-hybridized carbons (Fsp3) is 0.158. The molecule has 1 aromatic heterocycles. The minimum absolute atomic E-state index is 0.0790. The van der Waals surface area contributed by atoms with Crippen molar-refractivity contribution in [2.24, 2.45) is 7.05 Å². The number of aryl methyl sites for hydroxylation is 1.